The number of aliphatic imine (C=N–C) groups is 1. The topological polar surface area (TPSA) is 67.1 Å². The molecule has 0 saturated carbocycles. The van der Waals surface area contributed by atoms with Gasteiger partial charge in [-0.25, -0.2) is 4.99 Å². The summed E-state index contributed by atoms with van der Waals surface area (Å²) in [5.41, 5.74) is 1.58. The summed E-state index contributed by atoms with van der Waals surface area (Å²) in [5, 5.41) is 14.9. The van der Waals surface area contributed by atoms with E-state index in [9.17, 15) is 0 Å². The molecule has 0 fully saturated rings. The molecule has 1 aliphatic carbocycles. The van der Waals surface area contributed by atoms with E-state index in [0.717, 1.165) is 37.1 Å². The summed E-state index contributed by atoms with van der Waals surface area (Å²) >= 11 is 0. The molecule has 1 aromatic heterocycles. The van der Waals surface area contributed by atoms with E-state index in [1.807, 2.05) is 18.5 Å². The summed E-state index contributed by atoms with van der Waals surface area (Å²) in [5.74, 6) is 2.64. The van der Waals surface area contributed by atoms with E-state index in [2.05, 4.69) is 38.8 Å². The number of nitrogens with one attached hydrogen (secondary N) is 2. The predicted octanol–water partition coefficient (Wildman–Crippen LogP) is 2.07. The molecule has 6 nitrogen and oxygen atoms in total. The molecule has 6 heteroatoms. The maximum atomic E-state index is 4.59. The molecule has 1 heterocycles. The van der Waals surface area contributed by atoms with E-state index in [1.165, 1.54) is 25.7 Å². The minimum atomic E-state index is 0.537. The van der Waals surface area contributed by atoms with Crippen LogP contribution in [0.4, 0.5) is 0 Å². The van der Waals surface area contributed by atoms with Gasteiger partial charge in [-0.15, -0.1) is 10.2 Å². The van der Waals surface area contributed by atoms with Crippen LogP contribution in [0.3, 0.4) is 0 Å². The molecule has 22 heavy (non-hydrogen) atoms. The number of aryl methyl sites for hydroxylation is 1. The van der Waals surface area contributed by atoms with Crippen LogP contribution in [0.1, 0.15) is 50.7 Å². The van der Waals surface area contributed by atoms with Gasteiger partial charge in [0.05, 0.1) is 0 Å². The third kappa shape index (κ3) is 4.86. The van der Waals surface area contributed by atoms with Crippen LogP contribution >= 0.6 is 0 Å². The van der Waals surface area contributed by atoms with Crippen LogP contribution in [0.15, 0.2) is 16.6 Å². The van der Waals surface area contributed by atoms with E-state index in [-0.39, 0.29) is 0 Å². The summed E-state index contributed by atoms with van der Waals surface area (Å²) in [6.07, 6.45) is 8.69. The lowest BCUT2D eigenvalue weighted by Gasteiger charge is -2.15. The number of guanidine groups is 1. The highest BCUT2D eigenvalue weighted by atomic mass is 15.3. The fraction of sp³-hybridized carbons (Fsp3) is 0.688. The first kappa shape index (κ1) is 16.5. The smallest absolute Gasteiger partial charge is 0.191 e. The molecule has 1 aromatic rings. The third-order valence-electron chi connectivity index (χ3n) is 4.03. The third-order valence-corrected chi connectivity index (χ3v) is 4.03. The average Bonchev–Trinajstić information content (AvgIpc) is 2.85. The number of allylic oxidation sites excluding steroid dienone is 1. The Hall–Kier alpha value is -1.85. The molecular formula is C16H28N6. The van der Waals surface area contributed by atoms with Gasteiger partial charge in [-0.2, -0.15) is 0 Å². The Morgan fingerprint density at radius 3 is 2.82 bits per heavy atom. The Balaban J connectivity index is 1.84. The Morgan fingerprint density at radius 1 is 1.32 bits per heavy atom. The summed E-state index contributed by atoms with van der Waals surface area (Å²) < 4.78 is 1.97. The first-order chi connectivity index (χ1) is 10.7. The lowest BCUT2D eigenvalue weighted by atomic mass is 9.97. The van der Waals surface area contributed by atoms with Crippen LogP contribution in [0.2, 0.25) is 0 Å². The number of hydrogen-bond acceptors (Lipinski definition) is 3. The number of hydrogen-bond donors (Lipinski definition) is 2. The zero-order chi connectivity index (χ0) is 15.8. The van der Waals surface area contributed by atoms with Crippen molar-refractivity contribution in [1.29, 1.82) is 0 Å². The largest absolute Gasteiger partial charge is 0.357 e. The minimum absolute atomic E-state index is 0.537. The van der Waals surface area contributed by atoms with Gasteiger partial charge in [-0.05, 0) is 46.0 Å². The van der Waals surface area contributed by atoms with Crippen LogP contribution < -0.4 is 10.6 Å². The van der Waals surface area contributed by atoms with Gasteiger partial charge in [0.15, 0.2) is 11.8 Å². The normalized spacial score (nSPS) is 15.6. The average molecular weight is 304 g/mol. The van der Waals surface area contributed by atoms with Crippen molar-refractivity contribution in [3.63, 3.8) is 0 Å². The Bertz CT molecular complexity index is 529. The van der Waals surface area contributed by atoms with Crippen molar-refractivity contribution < 1.29 is 0 Å². The van der Waals surface area contributed by atoms with E-state index in [1.54, 1.807) is 5.57 Å². The molecule has 0 aliphatic heterocycles. The second-order valence-corrected chi connectivity index (χ2v) is 5.70. The van der Waals surface area contributed by atoms with Crippen molar-refractivity contribution in [2.75, 3.05) is 13.1 Å². The summed E-state index contributed by atoms with van der Waals surface area (Å²) in [6.45, 7) is 6.34. The van der Waals surface area contributed by atoms with Gasteiger partial charge in [0, 0.05) is 20.1 Å². The van der Waals surface area contributed by atoms with Crippen molar-refractivity contribution in [2.24, 2.45) is 12.0 Å². The van der Waals surface area contributed by atoms with Gasteiger partial charge in [0.25, 0.3) is 0 Å². The van der Waals surface area contributed by atoms with Crippen molar-refractivity contribution in [1.82, 2.24) is 25.4 Å². The maximum Gasteiger partial charge on any atom is 0.191 e. The molecule has 0 radical (unpaired) electrons. The molecule has 0 unspecified atom stereocenters. The number of aromatic nitrogens is 3. The van der Waals surface area contributed by atoms with Gasteiger partial charge >= 0.3 is 0 Å². The molecule has 2 rings (SSSR count). The Labute approximate surface area is 133 Å². The SMILES string of the molecule is CCNC(=NCc1nnc(C)n1C)NCCC1=CCCCC1. The van der Waals surface area contributed by atoms with Gasteiger partial charge in [0.2, 0.25) is 0 Å². The van der Waals surface area contributed by atoms with Crippen LogP contribution in [-0.4, -0.2) is 33.8 Å². The fourth-order valence-corrected chi connectivity index (χ4v) is 2.55. The molecule has 0 bridgehead atoms. The van der Waals surface area contributed by atoms with Gasteiger partial charge in [-0.1, -0.05) is 11.6 Å². The highest BCUT2D eigenvalue weighted by molar-refractivity contribution is 5.79. The number of rotatable bonds is 6. The lowest BCUT2D eigenvalue weighted by molar-refractivity contribution is 0.665. The molecule has 1 aliphatic rings. The summed E-state index contributed by atoms with van der Waals surface area (Å²) in [4.78, 5) is 4.59. The van der Waals surface area contributed by atoms with Crippen molar-refractivity contribution in [3.05, 3.63) is 23.3 Å². The van der Waals surface area contributed by atoms with E-state index in [4.69, 9.17) is 0 Å². The standard InChI is InChI=1S/C16H28N6/c1-4-17-16(18-11-10-14-8-6-5-7-9-14)19-12-15-21-20-13(2)22(15)3/h8H,4-7,9-12H2,1-3H3,(H2,17,18,19). The van der Waals surface area contributed by atoms with Crippen LogP contribution in [-0.2, 0) is 13.6 Å². The minimum Gasteiger partial charge on any atom is -0.357 e. The fourth-order valence-electron chi connectivity index (χ4n) is 2.55. The summed E-state index contributed by atoms with van der Waals surface area (Å²) in [6, 6.07) is 0. The first-order valence-electron chi connectivity index (χ1n) is 8.25. The zero-order valence-corrected chi connectivity index (χ0v) is 14.0. The molecule has 0 amide bonds. The van der Waals surface area contributed by atoms with Crippen LogP contribution in [0.25, 0.3) is 0 Å². The van der Waals surface area contributed by atoms with E-state index < -0.39 is 0 Å². The van der Waals surface area contributed by atoms with Crippen molar-refractivity contribution >= 4 is 5.96 Å². The van der Waals surface area contributed by atoms with Crippen LogP contribution in [0, 0.1) is 6.92 Å². The monoisotopic (exact) mass is 304 g/mol. The van der Waals surface area contributed by atoms with Gasteiger partial charge in [0.1, 0.15) is 12.4 Å². The molecule has 2 N–H and O–H groups in total. The molecule has 0 saturated heterocycles. The van der Waals surface area contributed by atoms with Crippen molar-refractivity contribution in [3.8, 4) is 0 Å². The highest BCUT2D eigenvalue weighted by Crippen LogP contribution is 2.19. The van der Waals surface area contributed by atoms with Crippen molar-refractivity contribution in [2.45, 2.75) is 52.5 Å². The van der Waals surface area contributed by atoms with Crippen LogP contribution in [0.5, 0.6) is 0 Å². The van der Waals surface area contributed by atoms with Gasteiger partial charge in [-0.3, -0.25) is 0 Å². The van der Waals surface area contributed by atoms with Gasteiger partial charge < -0.3 is 15.2 Å². The lowest BCUT2D eigenvalue weighted by Crippen LogP contribution is -2.38. The predicted molar refractivity (Wildman–Crippen MR) is 89.7 cm³/mol. The Kier molecular flexibility index (Phi) is 6.43. The molecule has 0 atom stereocenters. The second kappa shape index (κ2) is 8.56. The quantitative estimate of drug-likeness (QED) is 0.480. The molecule has 122 valence electrons. The highest BCUT2D eigenvalue weighted by Gasteiger charge is 2.06. The van der Waals surface area contributed by atoms with E-state index in [0.29, 0.717) is 6.54 Å². The zero-order valence-electron chi connectivity index (χ0n) is 14.0. The number of nitrogens with zero attached hydrogens (tertiary/aromatic N) is 4. The second-order valence-electron chi connectivity index (χ2n) is 5.70. The molecule has 0 aromatic carbocycles. The molecular weight excluding hydrogens is 276 g/mol. The maximum absolute atomic E-state index is 4.59. The summed E-state index contributed by atoms with van der Waals surface area (Å²) in [7, 11) is 1.97. The van der Waals surface area contributed by atoms with E-state index >= 15 is 0 Å². The molecule has 0 spiro atoms. The first-order valence-corrected chi connectivity index (χ1v) is 8.25. The Morgan fingerprint density at radius 2 is 2.18 bits per heavy atom.